The molecular formula is C16H20N2O2. The molecule has 1 aromatic carbocycles. The molecule has 2 aromatic rings. The van der Waals surface area contributed by atoms with Crippen LogP contribution in [0.1, 0.15) is 41.2 Å². The third-order valence-electron chi connectivity index (χ3n) is 3.17. The van der Waals surface area contributed by atoms with Crippen LogP contribution in [-0.4, -0.2) is 15.6 Å². The van der Waals surface area contributed by atoms with Crippen molar-refractivity contribution in [1.29, 1.82) is 0 Å². The summed E-state index contributed by atoms with van der Waals surface area (Å²) in [6.45, 7) is 8.75. The van der Waals surface area contributed by atoms with Gasteiger partial charge in [0, 0.05) is 6.54 Å². The average Bonchev–Trinajstić information content (AvgIpc) is 2.77. The molecule has 4 nitrogen and oxygen atoms in total. The van der Waals surface area contributed by atoms with E-state index in [-0.39, 0.29) is 5.78 Å². The molecule has 0 aliphatic rings. The molecular weight excluding hydrogens is 252 g/mol. The van der Waals surface area contributed by atoms with Gasteiger partial charge >= 0.3 is 0 Å². The van der Waals surface area contributed by atoms with Gasteiger partial charge in [0.2, 0.25) is 0 Å². The molecule has 0 radical (unpaired) electrons. The first kappa shape index (κ1) is 14.3. The van der Waals surface area contributed by atoms with E-state index < -0.39 is 0 Å². The van der Waals surface area contributed by atoms with E-state index in [0.717, 1.165) is 23.5 Å². The number of carbonyl (C=O) groups excluding carboxylic acids is 1. The number of rotatable bonds is 5. The molecule has 0 amide bonds. The SMILES string of the molecule is CCn1nc(C)cc1COc1ccc(C)cc1C(C)=O. The largest absolute Gasteiger partial charge is 0.487 e. The summed E-state index contributed by atoms with van der Waals surface area (Å²) in [6.07, 6.45) is 0. The maximum atomic E-state index is 11.7. The summed E-state index contributed by atoms with van der Waals surface area (Å²) in [4.78, 5) is 11.7. The molecule has 1 heterocycles. The molecule has 1 aromatic heterocycles. The van der Waals surface area contributed by atoms with Crippen molar-refractivity contribution in [2.75, 3.05) is 0 Å². The lowest BCUT2D eigenvalue weighted by Gasteiger charge is -2.11. The highest BCUT2D eigenvalue weighted by Gasteiger charge is 2.10. The topological polar surface area (TPSA) is 44.1 Å². The van der Waals surface area contributed by atoms with Crippen LogP contribution in [0.4, 0.5) is 0 Å². The van der Waals surface area contributed by atoms with E-state index in [2.05, 4.69) is 5.10 Å². The molecule has 20 heavy (non-hydrogen) atoms. The first-order chi connectivity index (χ1) is 9.51. The van der Waals surface area contributed by atoms with Crippen molar-refractivity contribution in [3.63, 3.8) is 0 Å². The van der Waals surface area contributed by atoms with Crippen molar-refractivity contribution in [2.45, 2.75) is 40.8 Å². The Bertz CT molecular complexity index is 629. The molecule has 2 rings (SSSR count). The number of aromatic nitrogens is 2. The Morgan fingerprint density at radius 1 is 1.30 bits per heavy atom. The Labute approximate surface area is 119 Å². The van der Waals surface area contributed by atoms with Crippen LogP contribution < -0.4 is 4.74 Å². The summed E-state index contributed by atoms with van der Waals surface area (Å²) < 4.78 is 7.73. The van der Waals surface area contributed by atoms with Crippen LogP contribution in [0.15, 0.2) is 24.3 Å². The summed E-state index contributed by atoms with van der Waals surface area (Å²) >= 11 is 0. The van der Waals surface area contributed by atoms with Crippen LogP contribution in [0.5, 0.6) is 5.75 Å². The number of carbonyl (C=O) groups is 1. The minimum Gasteiger partial charge on any atom is -0.487 e. The number of benzene rings is 1. The second-order valence-corrected chi connectivity index (χ2v) is 4.94. The highest BCUT2D eigenvalue weighted by molar-refractivity contribution is 5.97. The fraction of sp³-hybridized carbons (Fsp3) is 0.375. The Hall–Kier alpha value is -2.10. The van der Waals surface area contributed by atoms with Crippen LogP contribution in [0.25, 0.3) is 0 Å². The second-order valence-electron chi connectivity index (χ2n) is 4.94. The number of Topliss-reactive ketones (excluding diaryl/α,β-unsaturated/α-hetero) is 1. The summed E-state index contributed by atoms with van der Waals surface area (Å²) in [7, 11) is 0. The van der Waals surface area contributed by atoms with Gasteiger partial charge in [-0.25, -0.2) is 0 Å². The second kappa shape index (κ2) is 5.90. The van der Waals surface area contributed by atoms with Crippen molar-refractivity contribution in [3.05, 3.63) is 46.8 Å². The molecule has 0 N–H and O–H groups in total. The highest BCUT2D eigenvalue weighted by Crippen LogP contribution is 2.22. The average molecular weight is 272 g/mol. The zero-order valence-electron chi connectivity index (χ0n) is 12.4. The van der Waals surface area contributed by atoms with Gasteiger partial charge in [0.1, 0.15) is 12.4 Å². The maximum absolute atomic E-state index is 11.7. The van der Waals surface area contributed by atoms with Gasteiger partial charge in [-0.15, -0.1) is 0 Å². The third-order valence-corrected chi connectivity index (χ3v) is 3.17. The molecule has 4 heteroatoms. The molecule has 0 spiro atoms. The fourth-order valence-corrected chi connectivity index (χ4v) is 2.19. The Morgan fingerprint density at radius 2 is 2.05 bits per heavy atom. The lowest BCUT2D eigenvalue weighted by molar-refractivity contribution is 0.101. The van der Waals surface area contributed by atoms with Gasteiger partial charge in [-0.3, -0.25) is 9.48 Å². The van der Waals surface area contributed by atoms with Crippen LogP contribution in [0.2, 0.25) is 0 Å². The summed E-state index contributed by atoms with van der Waals surface area (Å²) in [5.41, 5.74) is 3.67. The van der Waals surface area contributed by atoms with Gasteiger partial charge < -0.3 is 4.74 Å². The minimum absolute atomic E-state index is 0.0175. The van der Waals surface area contributed by atoms with Crippen LogP contribution >= 0.6 is 0 Å². The van der Waals surface area contributed by atoms with Gasteiger partial charge in [-0.1, -0.05) is 11.6 Å². The van der Waals surface area contributed by atoms with E-state index in [1.165, 1.54) is 0 Å². The molecule has 0 aliphatic heterocycles. The van der Waals surface area contributed by atoms with E-state index in [9.17, 15) is 4.79 Å². The first-order valence-electron chi connectivity index (χ1n) is 6.79. The van der Waals surface area contributed by atoms with E-state index in [1.807, 2.05) is 49.7 Å². The zero-order valence-corrected chi connectivity index (χ0v) is 12.4. The van der Waals surface area contributed by atoms with Crippen molar-refractivity contribution in [3.8, 4) is 5.75 Å². The van der Waals surface area contributed by atoms with Crippen LogP contribution in [-0.2, 0) is 13.2 Å². The van der Waals surface area contributed by atoms with Crippen molar-refractivity contribution in [1.82, 2.24) is 9.78 Å². The zero-order chi connectivity index (χ0) is 14.7. The van der Waals surface area contributed by atoms with Gasteiger partial charge in [0.25, 0.3) is 0 Å². The standard InChI is InChI=1S/C16H20N2O2/c1-5-18-14(9-12(3)17-18)10-20-16-7-6-11(2)8-15(16)13(4)19/h6-9H,5,10H2,1-4H3. The number of aryl methyl sites for hydroxylation is 3. The van der Waals surface area contributed by atoms with Gasteiger partial charge in [0.05, 0.1) is 17.0 Å². The van der Waals surface area contributed by atoms with Crippen molar-refractivity contribution >= 4 is 5.78 Å². The summed E-state index contributed by atoms with van der Waals surface area (Å²) in [6, 6.07) is 7.67. The maximum Gasteiger partial charge on any atom is 0.163 e. The molecule has 0 bridgehead atoms. The third kappa shape index (κ3) is 3.07. The van der Waals surface area contributed by atoms with Crippen LogP contribution in [0.3, 0.4) is 0 Å². The van der Waals surface area contributed by atoms with E-state index in [4.69, 9.17) is 4.74 Å². The normalized spacial score (nSPS) is 10.6. The van der Waals surface area contributed by atoms with Crippen LogP contribution in [0, 0.1) is 13.8 Å². The van der Waals surface area contributed by atoms with E-state index in [0.29, 0.717) is 17.9 Å². The monoisotopic (exact) mass is 272 g/mol. The minimum atomic E-state index is 0.0175. The molecule has 0 aliphatic carbocycles. The fourth-order valence-electron chi connectivity index (χ4n) is 2.19. The molecule has 0 unspecified atom stereocenters. The number of hydrogen-bond acceptors (Lipinski definition) is 3. The summed E-state index contributed by atoms with van der Waals surface area (Å²) in [5.74, 6) is 0.647. The van der Waals surface area contributed by atoms with Gasteiger partial charge in [-0.2, -0.15) is 5.10 Å². The Morgan fingerprint density at radius 3 is 2.70 bits per heavy atom. The van der Waals surface area contributed by atoms with Gasteiger partial charge in [0.15, 0.2) is 5.78 Å². The Balaban J connectivity index is 2.20. The quantitative estimate of drug-likeness (QED) is 0.784. The number of ether oxygens (including phenoxy) is 1. The summed E-state index contributed by atoms with van der Waals surface area (Å²) in [5, 5.41) is 4.38. The van der Waals surface area contributed by atoms with E-state index in [1.54, 1.807) is 6.92 Å². The lowest BCUT2D eigenvalue weighted by atomic mass is 10.1. The van der Waals surface area contributed by atoms with Crippen molar-refractivity contribution in [2.24, 2.45) is 0 Å². The predicted molar refractivity (Wildman–Crippen MR) is 78.2 cm³/mol. The number of hydrogen-bond donors (Lipinski definition) is 0. The Kier molecular flexibility index (Phi) is 4.23. The van der Waals surface area contributed by atoms with Gasteiger partial charge in [-0.05, 0) is 45.9 Å². The molecule has 106 valence electrons. The molecule has 0 saturated heterocycles. The predicted octanol–water partition coefficient (Wildman–Crippen LogP) is 3.30. The molecule has 0 saturated carbocycles. The lowest BCUT2D eigenvalue weighted by Crippen LogP contribution is -2.07. The van der Waals surface area contributed by atoms with E-state index >= 15 is 0 Å². The highest BCUT2D eigenvalue weighted by atomic mass is 16.5. The van der Waals surface area contributed by atoms with Crippen molar-refractivity contribution < 1.29 is 9.53 Å². The number of nitrogens with zero attached hydrogens (tertiary/aromatic N) is 2. The molecule has 0 atom stereocenters. The number of ketones is 1. The first-order valence-corrected chi connectivity index (χ1v) is 6.79. The molecule has 0 fully saturated rings. The smallest absolute Gasteiger partial charge is 0.163 e.